The highest BCUT2D eigenvalue weighted by atomic mass is 19.2. The third-order valence-corrected chi connectivity index (χ3v) is 4.21. The summed E-state index contributed by atoms with van der Waals surface area (Å²) < 4.78 is 51.7. The SMILES string of the molecule is Cc1c(C[C@H](C)N)ccc(F)c1F.Cc1c(C[C@H](C)N=[N+]=[N-])ccc(F)c1F. The van der Waals surface area contributed by atoms with Crippen molar-refractivity contribution in [2.75, 3.05) is 0 Å². The fourth-order valence-electron chi connectivity index (χ4n) is 2.62. The van der Waals surface area contributed by atoms with Gasteiger partial charge in [-0.15, -0.1) is 0 Å². The van der Waals surface area contributed by atoms with Crippen molar-refractivity contribution >= 4 is 0 Å². The Bertz CT molecular complexity index is 862. The van der Waals surface area contributed by atoms with Crippen LogP contribution in [0.4, 0.5) is 17.6 Å². The van der Waals surface area contributed by atoms with Crippen LogP contribution in [0.1, 0.15) is 36.1 Å². The summed E-state index contributed by atoms with van der Waals surface area (Å²) in [5.74, 6) is -3.25. The van der Waals surface area contributed by atoms with E-state index >= 15 is 0 Å². The summed E-state index contributed by atoms with van der Waals surface area (Å²) >= 11 is 0. The molecule has 2 aromatic rings. The molecule has 0 aliphatic rings. The minimum Gasteiger partial charge on any atom is -0.328 e. The Morgan fingerprint density at radius 3 is 1.71 bits per heavy atom. The standard InChI is InChI=1S/C10H11F2N3.C10H13F2N/c1-6(14-15-13)5-8-3-4-9(11)10(12)7(8)2;1-6(13)5-8-3-4-9(11)10(12)7(8)2/h3-4,6H,5H2,1-2H3;3-4,6H,5,13H2,1-2H3/t2*6-/m00/s1. The number of azide groups is 1. The minimum absolute atomic E-state index is 0.0384. The molecule has 0 bridgehead atoms. The molecule has 2 atom stereocenters. The van der Waals surface area contributed by atoms with E-state index in [1.807, 2.05) is 6.92 Å². The average molecular weight is 396 g/mol. The molecule has 0 aliphatic carbocycles. The molecule has 8 heteroatoms. The van der Waals surface area contributed by atoms with Crippen LogP contribution in [0, 0.1) is 37.1 Å². The summed E-state index contributed by atoms with van der Waals surface area (Å²) in [6, 6.07) is 5.01. The lowest BCUT2D eigenvalue weighted by Crippen LogP contribution is -2.18. The Labute approximate surface area is 162 Å². The van der Waals surface area contributed by atoms with E-state index in [1.165, 1.54) is 13.0 Å². The molecule has 28 heavy (non-hydrogen) atoms. The third-order valence-electron chi connectivity index (χ3n) is 4.21. The van der Waals surface area contributed by atoms with Crippen LogP contribution in [-0.2, 0) is 12.8 Å². The molecule has 0 heterocycles. The van der Waals surface area contributed by atoms with Crippen molar-refractivity contribution in [3.8, 4) is 0 Å². The normalized spacial score (nSPS) is 12.5. The molecular formula is C20H24F4N4. The smallest absolute Gasteiger partial charge is 0.161 e. The summed E-state index contributed by atoms with van der Waals surface area (Å²) in [7, 11) is 0. The van der Waals surface area contributed by atoms with Gasteiger partial charge in [0.2, 0.25) is 0 Å². The van der Waals surface area contributed by atoms with Gasteiger partial charge in [-0.05, 0) is 73.5 Å². The summed E-state index contributed by atoms with van der Waals surface area (Å²) in [5, 5.41) is 3.48. The molecule has 2 N–H and O–H groups in total. The van der Waals surface area contributed by atoms with Gasteiger partial charge in [0.15, 0.2) is 23.3 Å². The maximum atomic E-state index is 13.1. The molecule has 0 radical (unpaired) electrons. The predicted octanol–water partition coefficient (Wildman–Crippen LogP) is 5.68. The number of nitrogens with zero attached hydrogens (tertiary/aromatic N) is 3. The molecule has 2 rings (SSSR count). The molecular weight excluding hydrogens is 372 g/mol. The summed E-state index contributed by atoms with van der Waals surface area (Å²) in [5.41, 5.74) is 15.8. The molecule has 0 saturated heterocycles. The fraction of sp³-hybridized carbons (Fsp3) is 0.400. The van der Waals surface area contributed by atoms with Crippen LogP contribution in [0.15, 0.2) is 29.4 Å². The van der Waals surface area contributed by atoms with Gasteiger partial charge in [-0.1, -0.05) is 24.2 Å². The third kappa shape index (κ3) is 6.55. The first-order chi connectivity index (χ1) is 13.1. The Hall–Kier alpha value is -2.57. The van der Waals surface area contributed by atoms with E-state index in [9.17, 15) is 17.6 Å². The number of rotatable bonds is 5. The summed E-state index contributed by atoms with van der Waals surface area (Å²) in [6.07, 6.45) is 0.982. The van der Waals surface area contributed by atoms with Crippen LogP contribution in [0.3, 0.4) is 0 Å². The Morgan fingerprint density at radius 2 is 1.32 bits per heavy atom. The maximum absolute atomic E-state index is 13.1. The van der Waals surface area contributed by atoms with Gasteiger partial charge in [0.25, 0.3) is 0 Å². The highest BCUT2D eigenvalue weighted by molar-refractivity contribution is 5.29. The molecule has 4 nitrogen and oxygen atoms in total. The topological polar surface area (TPSA) is 74.8 Å². The van der Waals surface area contributed by atoms with E-state index in [1.54, 1.807) is 19.9 Å². The molecule has 2 aromatic carbocycles. The lowest BCUT2D eigenvalue weighted by molar-refractivity contribution is 0.500. The minimum atomic E-state index is -0.854. The van der Waals surface area contributed by atoms with Crippen molar-refractivity contribution in [2.24, 2.45) is 10.8 Å². The van der Waals surface area contributed by atoms with Gasteiger partial charge in [0.1, 0.15) is 0 Å². The summed E-state index contributed by atoms with van der Waals surface area (Å²) in [6.45, 7) is 6.63. The van der Waals surface area contributed by atoms with E-state index in [0.717, 1.165) is 17.7 Å². The highest BCUT2D eigenvalue weighted by Crippen LogP contribution is 2.18. The molecule has 0 aromatic heterocycles. The second-order valence-corrected chi connectivity index (χ2v) is 6.73. The largest absolute Gasteiger partial charge is 0.328 e. The molecule has 152 valence electrons. The van der Waals surface area contributed by atoms with E-state index in [0.29, 0.717) is 24.0 Å². The van der Waals surface area contributed by atoms with Crippen LogP contribution in [0.25, 0.3) is 10.4 Å². The van der Waals surface area contributed by atoms with Crippen LogP contribution >= 0.6 is 0 Å². The first kappa shape index (κ1) is 23.5. The number of halogens is 4. The van der Waals surface area contributed by atoms with Crippen molar-refractivity contribution in [1.29, 1.82) is 0 Å². The second-order valence-electron chi connectivity index (χ2n) is 6.73. The Morgan fingerprint density at radius 1 is 0.893 bits per heavy atom. The van der Waals surface area contributed by atoms with Crippen molar-refractivity contribution in [3.63, 3.8) is 0 Å². The van der Waals surface area contributed by atoms with Crippen LogP contribution in [0.5, 0.6) is 0 Å². The van der Waals surface area contributed by atoms with Crippen molar-refractivity contribution < 1.29 is 17.6 Å². The van der Waals surface area contributed by atoms with Gasteiger partial charge in [0, 0.05) is 17.0 Å². The predicted molar refractivity (Wildman–Crippen MR) is 102 cm³/mol. The van der Waals surface area contributed by atoms with E-state index in [2.05, 4.69) is 10.0 Å². The lowest BCUT2D eigenvalue weighted by atomic mass is 10.0. The van der Waals surface area contributed by atoms with Crippen molar-refractivity contribution in [1.82, 2.24) is 0 Å². The van der Waals surface area contributed by atoms with Gasteiger partial charge in [-0.3, -0.25) is 0 Å². The molecule has 0 spiro atoms. The molecule has 0 aliphatic heterocycles. The monoisotopic (exact) mass is 396 g/mol. The van der Waals surface area contributed by atoms with Gasteiger partial charge in [-0.2, -0.15) is 0 Å². The average Bonchev–Trinajstić information content (AvgIpc) is 2.63. The second kappa shape index (κ2) is 10.7. The van der Waals surface area contributed by atoms with Crippen LogP contribution < -0.4 is 5.73 Å². The highest BCUT2D eigenvalue weighted by Gasteiger charge is 2.11. The van der Waals surface area contributed by atoms with E-state index in [4.69, 9.17) is 11.3 Å². The first-order valence-corrected chi connectivity index (χ1v) is 8.75. The number of benzene rings is 2. The lowest BCUT2D eigenvalue weighted by Gasteiger charge is -2.09. The van der Waals surface area contributed by atoms with Crippen molar-refractivity contribution in [3.05, 3.63) is 80.2 Å². The maximum Gasteiger partial charge on any atom is 0.161 e. The van der Waals surface area contributed by atoms with Gasteiger partial charge >= 0.3 is 0 Å². The van der Waals surface area contributed by atoms with Gasteiger partial charge in [-0.25, -0.2) is 17.6 Å². The van der Waals surface area contributed by atoms with Crippen molar-refractivity contribution in [2.45, 2.75) is 52.6 Å². The van der Waals surface area contributed by atoms with Crippen LogP contribution in [-0.4, -0.2) is 12.1 Å². The Kier molecular flexibility index (Phi) is 8.96. The molecule has 0 fully saturated rings. The van der Waals surface area contributed by atoms with Gasteiger partial charge in [0.05, 0.1) is 0 Å². The zero-order chi connectivity index (χ0) is 21.4. The van der Waals surface area contributed by atoms with Gasteiger partial charge < -0.3 is 5.73 Å². The molecule has 0 unspecified atom stereocenters. The Balaban J connectivity index is 0.000000283. The number of nitrogens with two attached hydrogens (primary N) is 1. The fourth-order valence-corrected chi connectivity index (χ4v) is 2.62. The zero-order valence-corrected chi connectivity index (χ0v) is 16.3. The number of hydrogen-bond acceptors (Lipinski definition) is 2. The zero-order valence-electron chi connectivity index (χ0n) is 16.3. The first-order valence-electron chi connectivity index (χ1n) is 8.75. The molecule has 0 saturated carbocycles. The quantitative estimate of drug-likeness (QED) is 0.300. The molecule has 0 amide bonds. The number of hydrogen-bond donors (Lipinski definition) is 1. The van der Waals surface area contributed by atoms with Crippen LogP contribution in [0.2, 0.25) is 0 Å². The van der Waals surface area contributed by atoms with E-state index in [-0.39, 0.29) is 17.6 Å². The summed E-state index contributed by atoms with van der Waals surface area (Å²) in [4.78, 5) is 2.66. The van der Waals surface area contributed by atoms with E-state index < -0.39 is 23.3 Å².